The lowest BCUT2D eigenvalue weighted by Gasteiger charge is -2.13. The van der Waals surface area contributed by atoms with E-state index in [-0.39, 0.29) is 17.5 Å². The van der Waals surface area contributed by atoms with Crippen LogP contribution in [0.5, 0.6) is 11.5 Å². The average Bonchev–Trinajstić information content (AvgIpc) is 3.35. The summed E-state index contributed by atoms with van der Waals surface area (Å²) >= 11 is 0. The molecule has 3 aromatic rings. The van der Waals surface area contributed by atoms with E-state index in [2.05, 4.69) is 15.6 Å². The zero-order valence-corrected chi connectivity index (χ0v) is 19.0. The molecule has 0 radical (unpaired) electrons. The minimum absolute atomic E-state index is 0.135. The fourth-order valence-electron chi connectivity index (χ4n) is 3.14. The van der Waals surface area contributed by atoms with Crippen LogP contribution in [-0.4, -0.2) is 42.1 Å². The van der Waals surface area contributed by atoms with Crippen LogP contribution in [0, 0.1) is 6.92 Å². The minimum Gasteiger partial charge on any atom is -0.493 e. The normalized spacial score (nSPS) is 11.1. The maximum atomic E-state index is 12.9. The number of rotatable bonds is 10. The molecule has 0 saturated carbocycles. The Labute approximate surface area is 193 Å². The number of carbonyl (C=O) groups excluding carboxylic acids is 2. The van der Waals surface area contributed by atoms with E-state index in [0.29, 0.717) is 29.2 Å². The quantitative estimate of drug-likeness (QED) is 0.367. The van der Waals surface area contributed by atoms with Crippen molar-refractivity contribution in [3.63, 3.8) is 0 Å². The molecule has 0 spiro atoms. The summed E-state index contributed by atoms with van der Waals surface area (Å²) in [6, 6.07) is 12.4. The van der Waals surface area contributed by atoms with E-state index in [9.17, 15) is 9.59 Å². The maximum absolute atomic E-state index is 12.9. The first-order valence-electron chi connectivity index (χ1n) is 10.6. The van der Waals surface area contributed by atoms with Gasteiger partial charge in [0.1, 0.15) is 5.70 Å². The summed E-state index contributed by atoms with van der Waals surface area (Å²) in [5.41, 5.74) is 2.32. The molecule has 0 aliphatic rings. The SMILES string of the molecule is COc1ccc(/C=C(/NC(=O)c2ccc(C)cc2)C(=O)NCCCn2ccnc2)cc1OC. The number of ether oxygens (including phenoxy) is 2. The van der Waals surface area contributed by atoms with E-state index < -0.39 is 0 Å². The second-order valence-corrected chi connectivity index (χ2v) is 7.40. The lowest BCUT2D eigenvalue weighted by atomic mass is 10.1. The molecule has 8 nitrogen and oxygen atoms in total. The Balaban J connectivity index is 1.77. The van der Waals surface area contributed by atoms with Crippen molar-refractivity contribution >= 4 is 17.9 Å². The molecule has 2 N–H and O–H groups in total. The van der Waals surface area contributed by atoms with Gasteiger partial charge in [0.15, 0.2) is 11.5 Å². The number of aryl methyl sites for hydroxylation is 2. The Bertz CT molecular complexity index is 1110. The number of imidazole rings is 1. The Hall–Kier alpha value is -4.07. The van der Waals surface area contributed by atoms with Gasteiger partial charge in [0.25, 0.3) is 11.8 Å². The highest BCUT2D eigenvalue weighted by Gasteiger charge is 2.15. The molecular weight excluding hydrogens is 420 g/mol. The molecule has 3 rings (SSSR count). The number of hydrogen-bond acceptors (Lipinski definition) is 5. The second kappa shape index (κ2) is 11.5. The fraction of sp³-hybridized carbons (Fsp3) is 0.240. The van der Waals surface area contributed by atoms with Crippen molar-refractivity contribution in [2.45, 2.75) is 19.9 Å². The van der Waals surface area contributed by atoms with Crippen LogP contribution >= 0.6 is 0 Å². The van der Waals surface area contributed by atoms with Gasteiger partial charge in [0.2, 0.25) is 0 Å². The van der Waals surface area contributed by atoms with Crippen LogP contribution in [0.1, 0.15) is 27.9 Å². The summed E-state index contributed by atoms with van der Waals surface area (Å²) in [4.78, 5) is 29.7. The molecule has 0 aliphatic heterocycles. The van der Waals surface area contributed by atoms with Crippen LogP contribution in [0.25, 0.3) is 6.08 Å². The fourth-order valence-corrected chi connectivity index (χ4v) is 3.14. The first kappa shape index (κ1) is 23.6. The minimum atomic E-state index is -0.379. The van der Waals surface area contributed by atoms with Gasteiger partial charge in [-0.1, -0.05) is 23.8 Å². The summed E-state index contributed by atoms with van der Waals surface area (Å²) in [7, 11) is 3.09. The standard InChI is InChI=1S/C25H28N4O4/c1-18-5-8-20(9-6-18)24(30)28-21(15-19-7-10-22(32-2)23(16-19)33-3)25(31)27-11-4-13-29-14-12-26-17-29/h5-10,12,14-17H,4,11,13H2,1-3H3,(H,27,31)(H,28,30)/b21-15+. The highest BCUT2D eigenvalue weighted by molar-refractivity contribution is 6.05. The van der Waals surface area contributed by atoms with E-state index in [4.69, 9.17) is 9.47 Å². The van der Waals surface area contributed by atoms with E-state index in [0.717, 1.165) is 18.5 Å². The molecule has 1 heterocycles. The van der Waals surface area contributed by atoms with Crippen LogP contribution in [0.4, 0.5) is 0 Å². The van der Waals surface area contributed by atoms with Gasteiger partial charge in [-0.15, -0.1) is 0 Å². The predicted octanol–water partition coefficient (Wildman–Crippen LogP) is 3.19. The summed E-state index contributed by atoms with van der Waals surface area (Å²) in [6.45, 7) is 3.12. The van der Waals surface area contributed by atoms with Crippen molar-refractivity contribution in [2.24, 2.45) is 0 Å². The Morgan fingerprint density at radius 1 is 1.06 bits per heavy atom. The first-order chi connectivity index (χ1) is 16.0. The molecule has 0 saturated heterocycles. The summed E-state index contributed by atoms with van der Waals surface area (Å²) in [5.74, 6) is 0.353. The van der Waals surface area contributed by atoms with Gasteiger partial charge >= 0.3 is 0 Å². The Morgan fingerprint density at radius 3 is 2.48 bits per heavy atom. The number of nitrogens with zero attached hydrogens (tertiary/aromatic N) is 2. The highest BCUT2D eigenvalue weighted by atomic mass is 16.5. The molecule has 2 aromatic carbocycles. The Kier molecular flexibility index (Phi) is 8.24. The molecule has 0 fully saturated rings. The van der Waals surface area contributed by atoms with Gasteiger partial charge in [0, 0.05) is 31.0 Å². The number of methoxy groups -OCH3 is 2. The molecule has 0 bridgehead atoms. The number of amides is 2. The molecule has 1 aromatic heterocycles. The van der Waals surface area contributed by atoms with Crippen molar-refractivity contribution < 1.29 is 19.1 Å². The number of benzene rings is 2. The largest absolute Gasteiger partial charge is 0.493 e. The third-order valence-corrected chi connectivity index (χ3v) is 4.96. The van der Waals surface area contributed by atoms with Gasteiger partial charge in [0.05, 0.1) is 20.5 Å². The monoisotopic (exact) mass is 448 g/mol. The van der Waals surface area contributed by atoms with Crippen molar-refractivity contribution in [1.29, 1.82) is 0 Å². The number of aromatic nitrogens is 2. The second-order valence-electron chi connectivity index (χ2n) is 7.40. The lowest BCUT2D eigenvalue weighted by molar-refractivity contribution is -0.117. The van der Waals surface area contributed by atoms with Crippen LogP contribution in [-0.2, 0) is 11.3 Å². The first-order valence-corrected chi connectivity index (χ1v) is 10.6. The smallest absolute Gasteiger partial charge is 0.267 e. The third-order valence-electron chi connectivity index (χ3n) is 4.96. The third kappa shape index (κ3) is 6.70. The lowest BCUT2D eigenvalue weighted by Crippen LogP contribution is -2.35. The summed E-state index contributed by atoms with van der Waals surface area (Å²) in [5, 5.41) is 5.62. The zero-order chi connectivity index (χ0) is 23.6. The summed E-state index contributed by atoms with van der Waals surface area (Å²) in [6.07, 6.45) is 7.64. The van der Waals surface area contributed by atoms with Crippen molar-refractivity contribution in [3.05, 3.63) is 83.6 Å². The predicted molar refractivity (Wildman–Crippen MR) is 126 cm³/mol. The van der Waals surface area contributed by atoms with Crippen molar-refractivity contribution in [1.82, 2.24) is 20.2 Å². The molecule has 172 valence electrons. The van der Waals surface area contributed by atoms with E-state index in [1.807, 2.05) is 29.8 Å². The van der Waals surface area contributed by atoms with Crippen molar-refractivity contribution in [2.75, 3.05) is 20.8 Å². The van der Waals surface area contributed by atoms with Crippen LogP contribution in [0.15, 0.2) is 66.9 Å². The Morgan fingerprint density at radius 2 is 1.82 bits per heavy atom. The molecule has 0 unspecified atom stereocenters. The number of hydrogen-bond donors (Lipinski definition) is 2. The molecule has 0 aliphatic carbocycles. The van der Waals surface area contributed by atoms with E-state index in [1.54, 1.807) is 63.2 Å². The zero-order valence-electron chi connectivity index (χ0n) is 19.0. The molecule has 2 amide bonds. The van der Waals surface area contributed by atoms with Crippen LogP contribution < -0.4 is 20.1 Å². The van der Waals surface area contributed by atoms with Crippen LogP contribution in [0.2, 0.25) is 0 Å². The topological polar surface area (TPSA) is 94.5 Å². The van der Waals surface area contributed by atoms with Crippen LogP contribution in [0.3, 0.4) is 0 Å². The van der Waals surface area contributed by atoms with E-state index >= 15 is 0 Å². The van der Waals surface area contributed by atoms with Gasteiger partial charge in [-0.05, 0) is 49.2 Å². The maximum Gasteiger partial charge on any atom is 0.267 e. The van der Waals surface area contributed by atoms with Gasteiger partial charge in [-0.25, -0.2) is 4.98 Å². The molecule has 8 heteroatoms. The molecule has 0 atom stereocenters. The van der Waals surface area contributed by atoms with E-state index in [1.165, 1.54) is 0 Å². The number of carbonyl (C=O) groups is 2. The summed E-state index contributed by atoms with van der Waals surface area (Å²) < 4.78 is 12.6. The molecular formula is C25H28N4O4. The average molecular weight is 449 g/mol. The van der Waals surface area contributed by atoms with Crippen molar-refractivity contribution in [3.8, 4) is 11.5 Å². The van der Waals surface area contributed by atoms with Gasteiger partial charge < -0.3 is 24.7 Å². The van der Waals surface area contributed by atoms with Gasteiger partial charge in [-0.2, -0.15) is 0 Å². The molecule has 33 heavy (non-hydrogen) atoms. The highest BCUT2D eigenvalue weighted by Crippen LogP contribution is 2.28. The number of nitrogens with one attached hydrogen (secondary N) is 2. The van der Waals surface area contributed by atoms with Gasteiger partial charge in [-0.3, -0.25) is 9.59 Å².